The van der Waals surface area contributed by atoms with Crippen LogP contribution in [0, 0.1) is 11.8 Å². The van der Waals surface area contributed by atoms with Gasteiger partial charge in [0.15, 0.2) is 0 Å². The second-order valence-corrected chi connectivity index (χ2v) is 4.98. The van der Waals surface area contributed by atoms with Crippen molar-refractivity contribution in [2.24, 2.45) is 11.8 Å². The maximum atomic E-state index is 5.39. The van der Waals surface area contributed by atoms with E-state index in [4.69, 9.17) is 4.52 Å². The summed E-state index contributed by atoms with van der Waals surface area (Å²) in [6.07, 6.45) is 5.58. The van der Waals surface area contributed by atoms with Crippen molar-refractivity contribution in [2.75, 3.05) is 0 Å². The van der Waals surface area contributed by atoms with E-state index in [1.807, 2.05) is 0 Å². The molecule has 0 spiro atoms. The molecule has 0 aromatic carbocycles. The van der Waals surface area contributed by atoms with Crippen molar-refractivity contribution in [2.45, 2.75) is 37.4 Å². The van der Waals surface area contributed by atoms with Gasteiger partial charge in [-0.2, -0.15) is 12.6 Å². The lowest BCUT2D eigenvalue weighted by Gasteiger charge is -2.18. The molecule has 14 heavy (non-hydrogen) atoms. The second-order valence-electron chi connectivity index (χ2n) is 4.66. The fourth-order valence-electron chi connectivity index (χ4n) is 3.17. The first-order chi connectivity index (χ1) is 6.86. The first-order valence-corrected chi connectivity index (χ1v) is 6.06. The molecular formula is C11H15NOS. The minimum atomic E-state index is 0.662. The number of rotatable bonds is 2. The predicted molar refractivity (Wildman–Crippen MR) is 57.4 cm³/mol. The van der Waals surface area contributed by atoms with Crippen molar-refractivity contribution >= 4 is 12.6 Å². The number of hydrogen-bond donors (Lipinski definition) is 1. The Hall–Kier alpha value is -0.440. The SMILES string of the molecule is SCc1cc(C2CC3CCC2C3)on1. The highest BCUT2D eigenvalue weighted by atomic mass is 32.1. The molecule has 2 nitrogen and oxygen atoms in total. The molecule has 0 N–H and O–H groups in total. The molecule has 2 saturated carbocycles. The third kappa shape index (κ3) is 1.29. The van der Waals surface area contributed by atoms with Crippen molar-refractivity contribution in [1.29, 1.82) is 0 Å². The van der Waals surface area contributed by atoms with Crippen molar-refractivity contribution in [3.05, 3.63) is 17.5 Å². The van der Waals surface area contributed by atoms with Gasteiger partial charge in [-0.1, -0.05) is 11.6 Å². The fourth-order valence-corrected chi connectivity index (χ4v) is 3.32. The summed E-state index contributed by atoms with van der Waals surface area (Å²) in [5, 5.41) is 4.01. The van der Waals surface area contributed by atoms with Crippen molar-refractivity contribution < 1.29 is 4.52 Å². The molecule has 0 aliphatic heterocycles. The third-order valence-corrected chi connectivity index (χ3v) is 4.17. The average molecular weight is 209 g/mol. The summed E-state index contributed by atoms with van der Waals surface area (Å²) in [5.74, 6) is 4.30. The number of hydrogen-bond acceptors (Lipinski definition) is 3. The van der Waals surface area contributed by atoms with Gasteiger partial charge in [0.2, 0.25) is 0 Å². The Labute approximate surface area is 89.5 Å². The highest BCUT2D eigenvalue weighted by Crippen LogP contribution is 2.52. The fraction of sp³-hybridized carbons (Fsp3) is 0.727. The molecule has 3 rings (SSSR count). The molecule has 3 heteroatoms. The Kier molecular flexibility index (Phi) is 2.08. The molecule has 1 aromatic heterocycles. The Morgan fingerprint density at radius 2 is 2.36 bits per heavy atom. The van der Waals surface area contributed by atoms with Gasteiger partial charge in [-0.25, -0.2) is 0 Å². The zero-order valence-electron chi connectivity index (χ0n) is 8.15. The molecule has 0 radical (unpaired) electrons. The van der Waals surface area contributed by atoms with Crippen LogP contribution in [0.1, 0.15) is 43.1 Å². The third-order valence-electron chi connectivity index (χ3n) is 3.84. The molecule has 0 saturated heterocycles. The zero-order valence-corrected chi connectivity index (χ0v) is 9.04. The first kappa shape index (κ1) is 8.84. The van der Waals surface area contributed by atoms with E-state index in [2.05, 4.69) is 23.9 Å². The van der Waals surface area contributed by atoms with Crippen LogP contribution in [0.4, 0.5) is 0 Å². The molecule has 3 atom stereocenters. The van der Waals surface area contributed by atoms with E-state index in [9.17, 15) is 0 Å². The van der Waals surface area contributed by atoms with Crippen molar-refractivity contribution in [3.63, 3.8) is 0 Å². The molecule has 1 heterocycles. The maximum Gasteiger partial charge on any atom is 0.140 e. The molecule has 3 unspecified atom stereocenters. The van der Waals surface area contributed by atoms with E-state index < -0.39 is 0 Å². The molecule has 2 fully saturated rings. The minimum Gasteiger partial charge on any atom is -0.361 e. The Morgan fingerprint density at radius 1 is 1.43 bits per heavy atom. The van der Waals surface area contributed by atoms with Gasteiger partial charge in [-0.05, 0) is 31.1 Å². The number of nitrogens with zero attached hydrogens (tertiary/aromatic N) is 1. The summed E-state index contributed by atoms with van der Waals surface area (Å²) in [6, 6.07) is 2.10. The largest absolute Gasteiger partial charge is 0.361 e. The van der Waals surface area contributed by atoms with Gasteiger partial charge in [-0.3, -0.25) is 0 Å². The monoisotopic (exact) mass is 209 g/mol. The molecule has 2 bridgehead atoms. The van der Waals surface area contributed by atoms with Crippen LogP contribution in [-0.4, -0.2) is 5.16 Å². The van der Waals surface area contributed by atoms with Crippen LogP contribution in [0.2, 0.25) is 0 Å². The molecule has 0 amide bonds. The molecule has 2 aliphatic rings. The predicted octanol–water partition coefficient (Wildman–Crippen LogP) is 3.01. The number of fused-ring (bicyclic) bond motifs is 2. The summed E-state index contributed by atoms with van der Waals surface area (Å²) < 4.78 is 5.39. The van der Waals surface area contributed by atoms with E-state index in [0.29, 0.717) is 11.7 Å². The van der Waals surface area contributed by atoms with Gasteiger partial charge in [0.25, 0.3) is 0 Å². The highest BCUT2D eigenvalue weighted by molar-refractivity contribution is 7.79. The normalized spacial score (nSPS) is 35.4. The highest BCUT2D eigenvalue weighted by Gasteiger charge is 2.41. The Balaban J connectivity index is 1.82. The number of thiol groups is 1. The van der Waals surface area contributed by atoms with E-state index in [0.717, 1.165) is 23.3 Å². The van der Waals surface area contributed by atoms with Gasteiger partial charge in [0, 0.05) is 17.7 Å². The van der Waals surface area contributed by atoms with Crippen LogP contribution in [0.3, 0.4) is 0 Å². The molecule has 76 valence electrons. The zero-order chi connectivity index (χ0) is 9.54. The van der Waals surface area contributed by atoms with Gasteiger partial charge >= 0.3 is 0 Å². The van der Waals surface area contributed by atoms with Crippen molar-refractivity contribution in [3.8, 4) is 0 Å². The first-order valence-electron chi connectivity index (χ1n) is 5.43. The second kappa shape index (κ2) is 3.30. The van der Waals surface area contributed by atoms with E-state index in [1.165, 1.54) is 25.7 Å². The smallest absolute Gasteiger partial charge is 0.140 e. The van der Waals surface area contributed by atoms with Gasteiger partial charge in [0.05, 0.1) is 5.69 Å². The minimum absolute atomic E-state index is 0.662. The van der Waals surface area contributed by atoms with Crippen LogP contribution in [0.25, 0.3) is 0 Å². The number of aromatic nitrogens is 1. The quantitative estimate of drug-likeness (QED) is 0.758. The average Bonchev–Trinajstić information content (AvgIpc) is 2.93. The topological polar surface area (TPSA) is 26.0 Å². The standard InChI is InChI=1S/C11H15NOS/c14-6-9-5-11(13-12-9)10-4-7-1-2-8(10)3-7/h5,7-8,10,14H,1-4,6H2. The summed E-state index contributed by atoms with van der Waals surface area (Å²) in [6.45, 7) is 0. The molecule has 1 aromatic rings. The van der Waals surface area contributed by atoms with E-state index >= 15 is 0 Å². The van der Waals surface area contributed by atoms with Gasteiger partial charge < -0.3 is 4.52 Å². The lowest BCUT2D eigenvalue weighted by molar-refractivity contribution is 0.308. The summed E-state index contributed by atoms with van der Waals surface area (Å²) >= 11 is 4.20. The Morgan fingerprint density at radius 3 is 2.93 bits per heavy atom. The summed E-state index contributed by atoms with van der Waals surface area (Å²) in [4.78, 5) is 0. The lowest BCUT2D eigenvalue weighted by Crippen LogP contribution is -2.07. The summed E-state index contributed by atoms with van der Waals surface area (Å²) in [7, 11) is 0. The molecule has 2 aliphatic carbocycles. The van der Waals surface area contributed by atoms with Gasteiger partial charge in [-0.15, -0.1) is 0 Å². The van der Waals surface area contributed by atoms with Crippen LogP contribution in [0.15, 0.2) is 10.6 Å². The van der Waals surface area contributed by atoms with Crippen LogP contribution in [0.5, 0.6) is 0 Å². The van der Waals surface area contributed by atoms with Crippen LogP contribution >= 0.6 is 12.6 Å². The van der Waals surface area contributed by atoms with Gasteiger partial charge in [0.1, 0.15) is 5.76 Å². The Bertz CT molecular complexity index is 336. The van der Waals surface area contributed by atoms with Crippen LogP contribution in [-0.2, 0) is 5.75 Å². The van der Waals surface area contributed by atoms with Crippen molar-refractivity contribution in [1.82, 2.24) is 5.16 Å². The van der Waals surface area contributed by atoms with E-state index in [-0.39, 0.29) is 0 Å². The molecular weight excluding hydrogens is 194 g/mol. The lowest BCUT2D eigenvalue weighted by atomic mass is 9.87. The van der Waals surface area contributed by atoms with Crippen LogP contribution < -0.4 is 0 Å². The van der Waals surface area contributed by atoms with E-state index in [1.54, 1.807) is 0 Å². The maximum absolute atomic E-state index is 5.39. The summed E-state index contributed by atoms with van der Waals surface area (Å²) in [5.41, 5.74) is 0.978.